The van der Waals surface area contributed by atoms with Crippen LogP contribution in [-0.2, 0) is 12.8 Å². The highest BCUT2D eigenvalue weighted by atomic mass is 79.9. The Bertz CT molecular complexity index is 690. The summed E-state index contributed by atoms with van der Waals surface area (Å²) in [6.45, 7) is 0.615. The molecule has 0 spiro atoms. The summed E-state index contributed by atoms with van der Waals surface area (Å²) in [6.07, 6.45) is 0.120. The molecule has 1 aliphatic heterocycles. The second kappa shape index (κ2) is 5.95. The van der Waals surface area contributed by atoms with E-state index in [0.717, 1.165) is 27.8 Å². The summed E-state index contributed by atoms with van der Waals surface area (Å²) in [7, 11) is 0. The third-order valence-electron chi connectivity index (χ3n) is 3.56. The Balaban J connectivity index is 1.92. The van der Waals surface area contributed by atoms with Crippen molar-refractivity contribution in [1.82, 2.24) is 0 Å². The van der Waals surface area contributed by atoms with Crippen LogP contribution in [0.25, 0.3) is 0 Å². The largest absolute Gasteiger partial charge is 0.493 e. The number of hydrogen-bond acceptors (Lipinski definition) is 2. The first-order valence-corrected chi connectivity index (χ1v) is 7.79. The van der Waals surface area contributed by atoms with Crippen molar-refractivity contribution in [3.05, 3.63) is 62.3 Å². The lowest BCUT2D eigenvalue weighted by Gasteiger charge is -2.15. The van der Waals surface area contributed by atoms with Gasteiger partial charge in [-0.3, -0.25) is 0 Å². The van der Waals surface area contributed by atoms with Crippen molar-refractivity contribution >= 4 is 27.5 Å². The number of aliphatic hydroxyl groups excluding tert-OH is 1. The molecule has 2 aromatic carbocycles. The molecule has 1 heterocycles. The Labute approximate surface area is 135 Å². The van der Waals surface area contributed by atoms with E-state index in [2.05, 4.69) is 15.9 Å². The van der Waals surface area contributed by atoms with Crippen molar-refractivity contribution < 1.29 is 14.2 Å². The van der Waals surface area contributed by atoms with E-state index >= 15 is 0 Å². The molecule has 0 saturated heterocycles. The molecule has 5 heteroatoms. The molecule has 21 heavy (non-hydrogen) atoms. The average molecular weight is 372 g/mol. The number of halogens is 3. The molecule has 1 atom stereocenters. The average Bonchev–Trinajstić information content (AvgIpc) is 2.89. The zero-order chi connectivity index (χ0) is 15.0. The molecule has 1 aliphatic rings. The van der Waals surface area contributed by atoms with Gasteiger partial charge in [0.25, 0.3) is 0 Å². The molecule has 0 aromatic heterocycles. The second-order valence-corrected chi connectivity index (χ2v) is 6.39. The van der Waals surface area contributed by atoms with Gasteiger partial charge in [-0.2, -0.15) is 0 Å². The Morgan fingerprint density at radius 2 is 2.14 bits per heavy atom. The molecule has 0 saturated carbocycles. The van der Waals surface area contributed by atoms with Crippen molar-refractivity contribution in [2.45, 2.75) is 18.9 Å². The molecule has 0 bridgehead atoms. The van der Waals surface area contributed by atoms with Crippen LogP contribution < -0.4 is 4.74 Å². The molecular weight excluding hydrogens is 359 g/mol. The van der Waals surface area contributed by atoms with E-state index in [4.69, 9.17) is 16.3 Å². The fraction of sp³-hybridized carbons (Fsp3) is 0.250. The first-order chi connectivity index (χ1) is 10.0. The van der Waals surface area contributed by atoms with Crippen molar-refractivity contribution in [1.29, 1.82) is 0 Å². The van der Waals surface area contributed by atoms with Crippen LogP contribution >= 0.6 is 27.5 Å². The third kappa shape index (κ3) is 3.07. The minimum absolute atomic E-state index is 0.260. The Kier molecular flexibility index (Phi) is 4.20. The van der Waals surface area contributed by atoms with Gasteiger partial charge >= 0.3 is 0 Å². The van der Waals surface area contributed by atoms with E-state index in [0.29, 0.717) is 11.6 Å². The van der Waals surface area contributed by atoms with Crippen LogP contribution in [0.4, 0.5) is 4.39 Å². The van der Waals surface area contributed by atoms with E-state index in [1.54, 1.807) is 18.2 Å². The molecular formula is C16H13BrClFO2. The summed E-state index contributed by atoms with van der Waals surface area (Å²) < 4.78 is 20.2. The van der Waals surface area contributed by atoms with Crippen molar-refractivity contribution in [3.8, 4) is 5.75 Å². The van der Waals surface area contributed by atoms with Gasteiger partial charge in [0.2, 0.25) is 0 Å². The number of hydrogen-bond donors (Lipinski definition) is 1. The van der Waals surface area contributed by atoms with Gasteiger partial charge in [0.1, 0.15) is 11.6 Å². The van der Waals surface area contributed by atoms with Crippen molar-refractivity contribution in [3.63, 3.8) is 0 Å². The van der Waals surface area contributed by atoms with E-state index < -0.39 is 11.9 Å². The van der Waals surface area contributed by atoms with Gasteiger partial charge in [-0.05, 0) is 41.5 Å². The lowest BCUT2D eigenvalue weighted by molar-refractivity contribution is 0.172. The fourth-order valence-electron chi connectivity index (χ4n) is 2.59. The standard InChI is InChI=1S/C16H13BrClFO2/c17-11-1-2-14(19)13(8-11)15(20)7-10-6-12(18)5-9-3-4-21-16(9)10/h1-2,5-6,8,15,20H,3-4,7H2. The zero-order valence-corrected chi connectivity index (χ0v) is 13.4. The van der Waals surface area contributed by atoms with Crippen LogP contribution in [0.2, 0.25) is 5.02 Å². The van der Waals surface area contributed by atoms with E-state index in [9.17, 15) is 9.50 Å². The number of rotatable bonds is 3. The smallest absolute Gasteiger partial charge is 0.129 e. The summed E-state index contributed by atoms with van der Waals surface area (Å²) in [5.74, 6) is 0.346. The zero-order valence-electron chi connectivity index (χ0n) is 11.1. The summed E-state index contributed by atoms with van der Waals surface area (Å²) in [6, 6.07) is 8.17. The van der Waals surface area contributed by atoms with E-state index in [1.165, 1.54) is 6.07 Å². The summed E-state index contributed by atoms with van der Waals surface area (Å²) in [5, 5.41) is 10.9. The van der Waals surface area contributed by atoms with Gasteiger partial charge in [-0.1, -0.05) is 27.5 Å². The van der Waals surface area contributed by atoms with Gasteiger partial charge in [-0.15, -0.1) is 0 Å². The highest BCUT2D eigenvalue weighted by Gasteiger charge is 2.21. The Hall–Kier alpha value is -1.10. The molecule has 1 unspecified atom stereocenters. The summed E-state index contributed by atoms with van der Waals surface area (Å²) in [5.41, 5.74) is 2.11. The number of aliphatic hydroxyl groups is 1. The monoisotopic (exact) mass is 370 g/mol. The SMILES string of the molecule is OC(Cc1cc(Cl)cc2c1OCC2)c1cc(Br)ccc1F. The summed E-state index contributed by atoms with van der Waals surface area (Å²) in [4.78, 5) is 0. The highest BCUT2D eigenvalue weighted by molar-refractivity contribution is 9.10. The maximum atomic E-state index is 13.8. The maximum absolute atomic E-state index is 13.8. The normalized spacial score (nSPS) is 14.7. The fourth-order valence-corrected chi connectivity index (χ4v) is 3.23. The molecule has 2 aromatic rings. The summed E-state index contributed by atoms with van der Waals surface area (Å²) >= 11 is 9.38. The van der Waals surface area contributed by atoms with E-state index in [-0.39, 0.29) is 12.0 Å². The molecule has 0 radical (unpaired) electrons. The van der Waals surface area contributed by atoms with Crippen LogP contribution in [0.5, 0.6) is 5.75 Å². The molecule has 2 nitrogen and oxygen atoms in total. The van der Waals surface area contributed by atoms with Gasteiger partial charge < -0.3 is 9.84 Å². The Morgan fingerprint density at radius 1 is 1.33 bits per heavy atom. The number of fused-ring (bicyclic) bond motifs is 1. The molecule has 0 fully saturated rings. The topological polar surface area (TPSA) is 29.5 Å². The molecule has 110 valence electrons. The first kappa shape index (κ1) is 14.8. The Morgan fingerprint density at radius 3 is 2.95 bits per heavy atom. The van der Waals surface area contributed by atoms with Gasteiger partial charge in [-0.25, -0.2) is 4.39 Å². The van der Waals surface area contributed by atoms with Gasteiger partial charge in [0, 0.05) is 27.9 Å². The quantitative estimate of drug-likeness (QED) is 0.863. The van der Waals surface area contributed by atoms with Crippen LogP contribution in [0.15, 0.2) is 34.8 Å². The number of ether oxygens (including phenoxy) is 1. The van der Waals surface area contributed by atoms with E-state index in [1.807, 2.05) is 6.07 Å². The molecule has 1 N–H and O–H groups in total. The van der Waals surface area contributed by atoms with Crippen LogP contribution in [0.1, 0.15) is 22.8 Å². The van der Waals surface area contributed by atoms with Crippen LogP contribution in [-0.4, -0.2) is 11.7 Å². The molecule has 0 amide bonds. The van der Waals surface area contributed by atoms with Crippen LogP contribution in [0, 0.1) is 5.82 Å². The second-order valence-electron chi connectivity index (χ2n) is 5.04. The third-order valence-corrected chi connectivity index (χ3v) is 4.27. The minimum Gasteiger partial charge on any atom is -0.493 e. The predicted molar refractivity (Wildman–Crippen MR) is 83.4 cm³/mol. The highest BCUT2D eigenvalue weighted by Crippen LogP contribution is 2.35. The molecule has 3 rings (SSSR count). The number of benzene rings is 2. The van der Waals surface area contributed by atoms with Gasteiger partial charge in [0.15, 0.2) is 0 Å². The molecule has 0 aliphatic carbocycles. The minimum atomic E-state index is -0.950. The predicted octanol–water partition coefficient (Wildman–Crippen LogP) is 4.45. The van der Waals surface area contributed by atoms with Crippen LogP contribution in [0.3, 0.4) is 0 Å². The van der Waals surface area contributed by atoms with Gasteiger partial charge in [0.05, 0.1) is 12.7 Å². The van der Waals surface area contributed by atoms with Crippen molar-refractivity contribution in [2.75, 3.05) is 6.61 Å². The lowest BCUT2D eigenvalue weighted by atomic mass is 9.98. The lowest BCUT2D eigenvalue weighted by Crippen LogP contribution is -2.05. The maximum Gasteiger partial charge on any atom is 0.129 e. The van der Waals surface area contributed by atoms with Crippen molar-refractivity contribution in [2.24, 2.45) is 0 Å². The first-order valence-electron chi connectivity index (χ1n) is 6.61.